The van der Waals surface area contributed by atoms with Crippen molar-refractivity contribution in [2.75, 3.05) is 5.32 Å². The first-order valence-corrected chi connectivity index (χ1v) is 10.9. The summed E-state index contributed by atoms with van der Waals surface area (Å²) in [5.74, 6) is 0.916. The SMILES string of the molecule is N#Cc1c(Nc2ccc(CI)cc2)n[nH]c1/N=C/c1ccc(CI)cc1. The van der Waals surface area contributed by atoms with E-state index in [2.05, 4.69) is 83.9 Å². The van der Waals surface area contributed by atoms with Crippen molar-refractivity contribution in [1.82, 2.24) is 10.2 Å². The Bertz CT molecular complexity index is 938. The summed E-state index contributed by atoms with van der Waals surface area (Å²) < 4.78 is 1.93. The zero-order chi connectivity index (χ0) is 18.4. The number of hydrogen-bond acceptors (Lipinski definition) is 4. The van der Waals surface area contributed by atoms with Crippen molar-refractivity contribution in [2.45, 2.75) is 8.86 Å². The van der Waals surface area contributed by atoms with Gasteiger partial charge in [0.05, 0.1) is 0 Å². The molecule has 2 N–H and O–H groups in total. The molecule has 0 radical (unpaired) electrons. The van der Waals surface area contributed by atoms with E-state index in [1.54, 1.807) is 6.21 Å². The maximum Gasteiger partial charge on any atom is 0.172 e. The van der Waals surface area contributed by atoms with Gasteiger partial charge in [-0.15, -0.1) is 0 Å². The van der Waals surface area contributed by atoms with Crippen molar-refractivity contribution in [3.8, 4) is 6.07 Å². The van der Waals surface area contributed by atoms with E-state index in [4.69, 9.17) is 0 Å². The summed E-state index contributed by atoms with van der Waals surface area (Å²) >= 11 is 4.65. The van der Waals surface area contributed by atoms with Gasteiger partial charge in [0, 0.05) is 20.8 Å². The maximum absolute atomic E-state index is 9.49. The number of rotatable bonds is 6. The lowest BCUT2D eigenvalue weighted by Gasteiger charge is -2.04. The molecule has 0 saturated carbocycles. The van der Waals surface area contributed by atoms with Crippen molar-refractivity contribution in [1.29, 1.82) is 5.26 Å². The third-order valence-electron chi connectivity index (χ3n) is 3.71. The fourth-order valence-electron chi connectivity index (χ4n) is 2.27. The summed E-state index contributed by atoms with van der Waals surface area (Å²) in [6, 6.07) is 18.4. The van der Waals surface area contributed by atoms with Crippen molar-refractivity contribution < 1.29 is 0 Å². The van der Waals surface area contributed by atoms with Gasteiger partial charge >= 0.3 is 0 Å². The van der Waals surface area contributed by atoms with Gasteiger partial charge in [-0.3, -0.25) is 5.10 Å². The second kappa shape index (κ2) is 9.14. The zero-order valence-corrected chi connectivity index (χ0v) is 18.0. The normalized spacial score (nSPS) is 10.8. The molecule has 3 aromatic rings. The molecule has 1 heterocycles. The number of benzene rings is 2. The molecule has 0 aliphatic heterocycles. The van der Waals surface area contributed by atoms with Crippen LogP contribution in [0.2, 0.25) is 0 Å². The molecule has 0 atom stereocenters. The van der Waals surface area contributed by atoms with Crippen LogP contribution in [0.3, 0.4) is 0 Å². The number of hydrogen-bond donors (Lipinski definition) is 2. The first-order chi connectivity index (χ1) is 12.7. The number of anilines is 2. The fraction of sp³-hybridized carbons (Fsp3) is 0.105. The van der Waals surface area contributed by atoms with Crippen LogP contribution in [0.1, 0.15) is 22.3 Å². The largest absolute Gasteiger partial charge is 0.338 e. The van der Waals surface area contributed by atoms with Crippen LogP contribution >= 0.6 is 45.2 Å². The number of aromatic amines is 1. The number of alkyl halides is 2. The monoisotopic (exact) mass is 567 g/mol. The molecule has 0 amide bonds. The molecule has 0 bridgehead atoms. The Morgan fingerprint density at radius 3 is 2.23 bits per heavy atom. The summed E-state index contributed by atoms with van der Waals surface area (Å²) in [7, 11) is 0. The Balaban J connectivity index is 1.78. The molecule has 7 heteroatoms. The molecule has 0 fully saturated rings. The lowest BCUT2D eigenvalue weighted by atomic mass is 10.2. The van der Waals surface area contributed by atoms with Gasteiger partial charge in [0.1, 0.15) is 11.6 Å². The Labute approximate surface area is 179 Å². The summed E-state index contributed by atoms with van der Waals surface area (Å²) in [4.78, 5) is 4.38. The molecular formula is C19H15I2N5. The second-order valence-corrected chi connectivity index (χ2v) is 7.02. The Morgan fingerprint density at radius 1 is 1.04 bits per heavy atom. The molecule has 3 rings (SSSR count). The van der Waals surface area contributed by atoms with Gasteiger partial charge < -0.3 is 5.32 Å². The molecule has 0 unspecified atom stereocenters. The van der Waals surface area contributed by atoms with Crippen LogP contribution in [0, 0.1) is 11.3 Å². The number of nitriles is 1. The van der Waals surface area contributed by atoms with Gasteiger partial charge in [-0.05, 0) is 28.8 Å². The molecule has 0 aliphatic rings. The maximum atomic E-state index is 9.49. The first kappa shape index (κ1) is 18.8. The number of halogens is 2. The highest BCUT2D eigenvalue weighted by atomic mass is 127. The Morgan fingerprint density at radius 2 is 1.65 bits per heavy atom. The van der Waals surface area contributed by atoms with Gasteiger partial charge in [0.2, 0.25) is 0 Å². The van der Waals surface area contributed by atoms with Crippen LogP contribution in [0.4, 0.5) is 17.3 Å². The molecule has 0 aliphatic carbocycles. The van der Waals surface area contributed by atoms with Crippen LogP contribution in [-0.4, -0.2) is 16.4 Å². The van der Waals surface area contributed by atoms with Crippen LogP contribution in [0.5, 0.6) is 0 Å². The topological polar surface area (TPSA) is 76.9 Å². The predicted molar refractivity (Wildman–Crippen MR) is 122 cm³/mol. The van der Waals surface area contributed by atoms with E-state index in [1.165, 1.54) is 11.1 Å². The minimum atomic E-state index is 0.392. The Hall–Kier alpha value is -1.93. The van der Waals surface area contributed by atoms with E-state index in [9.17, 15) is 5.26 Å². The van der Waals surface area contributed by atoms with E-state index >= 15 is 0 Å². The van der Waals surface area contributed by atoms with Gasteiger partial charge in [0.15, 0.2) is 11.6 Å². The van der Waals surface area contributed by atoms with E-state index in [-0.39, 0.29) is 0 Å². The number of aromatic nitrogens is 2. The number of nitrogens with zero attached hydrogens (tertiary/aromatic N) is 3. The zero-order valence-electron chi connectivity index (χ0n) is 13.7. The molecule has 0 spiro atoms. The third-order valence-corrected chi connectivity index (χ3v) is 5.47. The standard InChI is InChI=1S/C19H15I2N5/c20-9-13-1-3-15(4-2-13)12-23-18-17(11-22)19(26-25-18)24-16-7-5-14(10-21)6-8-16/h1-8,12H,9-10H2,(H2,24,25,26)/b23-12+. The lowest BCUT2D eigenvalue weighted by Crippen LogP contribution is -1.93. The predicted octanol–water partition coefficient (Wildman–Crippen LogP) is 5.65. The quantitative estimate of drug-likeness (QED) is 0.230. The average Bonchev–Trinajstić information content (AvgIpc) is 3.08. The highest BCUT2D eigenvalue weighted by molar-refractivity contribution is 14.1. The Kier molecular flexibility index (Phi) is 6.62. The van der Waals surface area contributed by atoms with Gasteiger partial charge in [-0.25, -0.2) is 4.99 Å². The fourth-order valence-corrected chi connectivity index (χ4v) is 3.29. The lowest BCUT2D eigenvalue weighted by molar-refractivity contribution is 1.09. The first-order valence-electron chi connectivity index (χ1n) is 7.83. The summed E-state index contributed by atoms with van der Waals surface area (Å²) in [6.45, 7) is 0. The van der Waals surface area contributed by atoms with Crippen molar-refractivity contribution in [2.24, 2.45) is 4.99 Å². The van der Waals surface area contributed by atoms with Gasteiger partial charge in [0.25, 0.3) is 0 Å². The molecule has 26 heavy (non-hydrogen) atoms. The minimum absolute atomic E-state index is 0.392. The van der Waals surface area contributed by atoms with Gasteiger partial charge in [-0.2, -0.15) is 10.4 Å². The summed E-state index contributed by atoms with van der Waals surface area (Å²) in [5, 5.41) is 19.7. The average molecular weight is 567 g/mol. The smallest absolute Gasteiger partial charge is 0.172 e. The summed E-state index contributed by atoms with van der Waals surface area (Å²) in [5.41, 5.74) is 4.76. The second-order valence-electron chi connectivity index (χ2n) is 5.50. The minimum Gasteiger partial charge on any atom is -0.338 e. The summed E-state index contributed by atoms with van der Waals surface area (Å²) in [6.07, 6.45) is 1.73. The molecule has 1 aromatic heterocycles. The molecule has 130 valence electrons. The molecule has 5 nitrogen and oxygen atoms in total. The van der Waals surface area contributed by atoms with Crippen molar-refractivity contribution in [3.63, 3.8) is 0 Å². The van der Waals surface area contributed by atoms with E-state index in [1.807, 2.05) is 36.4 Å². The number of aliphatic imine (C=N–C) groups is 1. The van der Waals surface area contributed by atoms with Crippen LogP contribution in [-0.2, 0) is 8.86 Å². The van der Waals surface area contributed by atoms with E-state index < -0.39 is 0 Å². The highest BCUT2D eigenvalue weighted by Crippen LogP contribution is 2.26. The van der Waals surface area contributed by atoms with Gasteiger partial charge in [-0.1, -0.05) is 81.6 Å². The van der Waals surface area contributed by atoms with E-state index in [0.29, 0.717) is 17.2 Å². The number of nitrogens with one attached hydrogen (secondary N) is 2. The molecular weight excluding hydrogens is 552 g/mol. The van der Waals surface area contributed by atoms with Crippen molar-refractivity contribution >= 4 is 68.7 Å². The van der Waals surface area contributed by atoms with Crippen molar-refractivity contribution in [3.05, 3.63) is 70.8 Å². The molecule has 2 aromatic carbocycles. The number of H-pyrrole nitrogens is 1. The van der Waals surface area contributed by atoms with E-state index in [0.717, 1.165) is 20.1 Å². The van der Waals surface area contributed by atoms with Crippen LogP contribution < -0.4 is 5.32 Å². The van der Waals surface area contributed by atoms with Crippen LogP contribution in [0.25, 0.3) is 0 Å². The van der Waals surface area contributed by atoms with Crippen LogP contribution in [0.15, 0.2) is 53.5 Å². The third kappa shape index (κ3) is 4.62. The molecule has 0 saturated heterocycles. The highest BCUT2D eigenvalue weighted by Gasteiger charge is 2.12.